The van der Waals surface area contributed by atoms with Crippen LogP contribution in [0, 0.1) is 0 Å². The summed E-state index contributed by atoms with van der Waals surface area (Å²) in [6, 6.07) is 5.82. The average molecular weight is 297 g/mol. The number of thioether (sulfide) groups is 1. The van der Waals surface area contributed by atoms with Crippen LogP contribution in [0.15, 0.2) is 18.2 Å². The summed E-state index contributed by atoms with van der Waals surface area (Å²) in [6.07, 6.45) is 0.577. The highest BCUT2D eigenvalue weighted by Crippen LogP contribution is 2.32. The van der Waals surface area contributed by atoms with E-state index >= 15 is 0 Å². The number of nitrogens with two attached hydrogens (primary N) is 1. The third-order valence-electron chi connectivity index (χ3n) is 3.42. The molecule has 112 valence electrons. The molecule has 5 heteroatoms. The number of ether oxygens (including phenoxy) is 2. The minimum atomic E-state index is -0.323. The normalized spacial score (nSPS) is 19.0. The molecule has 0 amide bonds. The zero-order valence-corrected chi connectivity index (χ0v) is 12.9. The number of aliphatic hydroxyl groups excluding tert-OH is 1. The van der Waals surface area contributed by atoms with Gasteiger partial charge in [0, 0.05) is 23.5 Å². The van der Waals surface area contributed by atoms with Crippen molar-refractivity contribution in [2.75, 3.05) is 19.0 Å². The molecule has 0 fully saturated rings. The fraction of sp³-hybridized carbons (Fsp3) is 0.600. The van der Waals surface area contributed by atoms with Crippen molar-refractivity contribution in [3.05, 3.63) is 23.8 Å². The summed E-state index contributed by atoms with van der Waals surface area (Å²) in [7, 11) is 0. The lowest BCUT2D eigenvalue weighted by atomic mass is 10.1. The quantitative estimate of drug-likeness (QED) is 0.873. The molecular weight excluding hydrogens is 274 g/mol. The van der Waals surface area contributed by atoms with Crippen LogP contribution in [0.1, 0.15) is 31.9 Å². The van der Waals surface area contributed by atoms with E-state index in [2.05, 4.69) is 0 Å². The van der Waals surface area contributed by atoms with Crippen LogP contribution in [0.5, 0.6) is 11.5 Å². The van der Waals surface area contributed by atoms with Gasteiger partial charge in [0.15, 0.2) is 11.5 Å². The molecule has 0 aromatic heterocycles. The molecule has 0 radical (unpaired) electrons. The van der Waals surface area contributed by atoms with Crippen molar-refractivity contribution < 1.29 is 14.6 Å². The lowest BCUT2D eigenvalue weighted by Gasteiger charge is -2.18. The first kappa shape index (κ1) is 15.5. The number of hydrogen-bond acceptors (Lipinski definition) is 5. The molecule has 1 heterocycles. The highest BCUT2D eigenvalue weighted by Gasteiger charge is 2.16. The minimum absolute atomic E-state index is 0.0710. The predicted octanol–water partition coefficient (Wildman–Crippen LogP) is 2.35. The monoisotopic (exact) mass is 297 g/mol. The molecule has 1 aromatic rings. The van der Waals surface area contributed by atoms with Crippen LogP contribution in [0.25, 0.3) is 0 Å². The largest absolute Gasteiger partial charge is 0.490 e. The molecule has 1 aromatic carbocycles. The third-order valence-corrected chi connectivity index (χ3v) is 4.89. The van der Waals surface area contributed by atoms with E-state index in [-0.39, 0.29) is 17.4 Å². The van der Waals surface area contributed by atoms with Gasteiger partial charge in [0.25, 0.3) is 0 Å². The fourth-order valence-electron chi connectivity index (χ4n) is 1.90. The highest BCUT2D eigenvalue weighted by atomic mass is 32.2. The molecule has 0 bridgehead atoms. The van der Waals surface area contributed by atoms with Gasteiger partial charge in [-0.05, 0) is 24.6 Å². The van der Waals surface area contributed by atoms with Crippen LogP contribution in [0.2, 0.25) is 0 Å². The first-order valence-corrected chi connectivity index (χ1v) is 8.07. The van der Waals surface area contributed by atoms with Crippen LogP contribution < -0.4 is 15.2 Å². The van der Waals surface area contributed by atoms with Gasteiger partial charge >= 0.3 is 0 Å². The zero-order chi connectivity index (χ0) is 14.5. The summed E-state index contributed by atoms with van der Waals surface area (Å²) >= 11 is 1.68. The Hall–Kier alpha value is -0.910. The molecule has 3 atom stereocenters. The number of rotatable bonds is 5. The van der Waals surface area contributed by atoms with Crippen molar-refractivity contribution in [1.29, 1.82) is 0 Å². The van der Waals surface area contributed by atoms with E-state index in [0.29, 0.717) is 13.2 Å². The molecule has 20 heavy (non-hydrogen) atoms. The van der Waals surface area contributed by atoms with Gasteiger partial charge in [-0.25, -0.2) is 0 Å². The number of hydrogen-bond donors (Lipinski definition) is 2. The Labute approximate surface area is 124 Å². The van der Waals surface area contributed by atoms with Crippen molar-refractivity contribution in [2.45, 2.75) is 37.7 Å². The molecule has 3 unspecified atom stereocenters. The van der Waals surface area contributed by atoms with E-state index in [1.807, 2.05) is 25.1 Å². The molecule has 0 aliphatic carbocycles. The lowest BCUT2D eigenvalue weighted by Crippen LogP contribution is -2.20. The maximum atomic E-state index is 9.50. The van der Waals surface area contributed by atoms with Crippen LogP contribution in [0.3, 0.4) is 0 Å². The fourth-order valence-corrected chi connectivity index (χ4v) is 2.88. The molecule has 4 nitrogen and oxygen atoms in total. The molecule has 2 rings (SSSR count). The molecule has 1 aliphatic heterocycles. The molecular formula is C15H23NO3S. The van der Waals surface area contributed by atoms with Gasteiger partial charge in [-0.2, -0.15) is 11.8 Å². The summed E-state index contributed by atoms with van der Waals surface area (Å²) in [4.78, 5) is 0. The van der Waals surface area contributed by atoms with E-state index in [9.17, 15) is 5.11 Å². The van der Waals surface area contributed by atoms with Crippen LogP contribution in [-0.4, -0.2) is 35.4 Å². The Kier molecular flexibility index (Phi) is 5.57. The molecule has 0 saturated heterocycles. The van der Waals surface area contributed by atoms with E-state index in [0.717, 1.165) is 29.2 Å². The third kappa shape index (κ3) is 4.04. The van der Waals surface area contributed by atoms with Crippen molar-refractivity contribution >= 4 is 11.8 Å². The van der Waals surface area contributed by atoms with Crippen molar-refractivity contribution in [3.8, 4) is 11.5 Å². The number of benzene rings is 1. The summed E-state index contributed by atoms with van der Waals surface area (Å²) in [5.74, 6) is 2.35. The van der Waals surface area contributed by atoms with Gasteiger partial charge in [0.2, 0.25) is 0 Å². The van der Waals surface area contributed by atoms with Gasteiger partial charge in [0.1, 0.15) is 0 Å². The van der Waals surface area contributed by atoms with Crippen LogP contribution in [0.4, 0.5) is 0 Å². The average Bonchev–Trinajstić information content (AvgIpc) is 2.68. The maximum Gasteiger partial charge on any atom is 0.161 e. The van der Waals surface area contributed by atoms with Crippen molar-refractivity contribution in [3.63, 3.8) is 0 Å². The Morgan fingerprint density at radius 2 is 1.95 bits per heavy atom. The van der Waals surface area contributed by atoms with Crippen LogP contribution >= 0.6 is 11.8 Å². The first-order valence-electron chi connectivity index (χ1n) is 7.02. The first-order chi connectivity index (χ1) is 9.58. The van der Waals surface area contributed by atoms with Gasteiger partial charge in [-0.1, -0.05) is 13.0 Å². The highest BCUT2D eigenvalue weighted by molar-refractivity contribution is 7.99. The second kappa shape index (κ2) is 7.20. The van der Waals surface area contributed by atoms with E-state index < -0.39 is 0 Å². The van der Waals surface area contributed by atoms with Crippen molar-refractivity contribution in [1.82, 2.24) is 0 Å². The van der Waals surface area contributed by atoms with Gasteiger partial charge in [-0.15, -0.1) is 0 Å². The van der Waals surface area contributed by atoms with Gasteiger partial charge in [0.05, 0.1) is 19.3 Å². The number of aliphatic hydroxyl groups is 1. The maximum absolute atomic E-state index is 9.50. The van der Waals surface area contributed by atoms with E-state index in [1.54, 1.807) is 18.7 Å². The predicted molar refractivity (Wildman–Crippen MR) is 82.6 cm³/mol. The Balaban J connectivity index is 1.99. The Bertz CT molecular complexity index is 439. The smallest absolute Gasteiger partial charge is 0.161 e. The molecule has 1 aliphatic rings. The molecule has 3 N–H and O–H groups in total. The summed E-state index contributed by atoms with van der Waals surface area (Å²) in [6.45, 7) is 5.19. The number of fused-ring (bicyclic) bond motifs is 1. The van der Waals surface area contributed by atoms with Gasteiger partial charge < -0.3 is 20.3 Å². The second-order valence-corrected chi connectivity index (χ2v) is 6.55. The zero-order valence-electron chi connectivity index (χ0n) is 12.0. The minimum Gasteiger partial charge on any atom is -0.490 e. The SMILES string of the molecule is CC(O)C(C)SCC(N)c1ccc2c(c1)OCCCO2. The molecule has 0 spiro atoms. The lowest BCUT2D eigenvalue weighted by molar-refractivity contribution is 0.196. The summed E-state index contributed by atoms with van der Waals surface area (Å²) < 4.78 is 11.3. The molecule has 0 saturated carbocycles. The van der Waals surface area contributed by atoms with E-state index in [1.165, 1.54) is 0 Å². The van der Waals surface area contributed by atoms with Gasteiger partial charge in [-0.3, -0.25) is 0 Å². The topological polar surface area (TPSA) is 64.7 Å². The van der Waals surface area contributed by atoms with Crippen molar-refractivity contribution in [2.24, 2.45) is 5.73 Å². The summed E-state index contributed by atoms with van der Waals surface area (Å²) in [5, 5.41) is 9.68. The Morgan fingerprint density at radius 1 is 1.25 bits per heavy atom. The standard InChI is InChI=1S/C15H23NO3S/c1-10(17)11(2)20-9-13(16)12-4-5-14-15(8-12)19-7-3-6-18-14/h4-5,8,10-11,13,17H,3,6-7,9,16H2,1-2H3. The Morgan fingerprint density at radius 3 is 2.65 bits per heavy atom. The summed E-state index contributed by atoms with van der Waals surface area (Å²) in [5.41, 5.74) is 7.26. The second-order valence-electron chi connectivity index (χ2n) is 5.14. The van der Waals surface area contributed by atoms with Crippen LogP contribution in [-0.2, 0) is 0 Å². The van der Waals surface area contributed by atoms with E-state index in [4.69, 9.17) is 15.2 Å².